The fourth-order valence-electron chi connectivity index (χ4n) is 1.35. The Bertz CT molecular complexity index is 223. The van der Waals surface area contributed by atoms with Gasteiger partial charge >= 0.3 is 5.97 Å². The van der Waals surface area contributed by atoms with Gasteiger partial charge in [0.25, 0.3) is 0 Å². The zero-order chi connectivity index (χ0) is 13.5. The molecule has 0 aliphatic heterocycles. The molecular weight excluding hydrogens is 232 g/mol. The molecule has 0 aromatic carbocycles. The van der Waals surface area contributed by atoms with Gasteiger partial charge in [0.1, 0.15) is 5.60 Å². The molecule has 3 heteroatoms. The van der Waals surface area contributed by atoms with Crippen LogP contribution in [-0.4, -0.2) is 23.1 Å². The first-order valence-corrected chi connectivity index (χ1v) is 7.55. The largest absolute Gasteiger partial charge is 0.460 e. The summed E-state index contributed by atoms with van der Waals surface area (Å²) in [6.07, 6.45) is 2.99. The molecule has 0 aliphatic carbocycles. The van der Waals surface area contributed by atoms with E-state index in [0.29, 0.717) is 11.8 Å². The summed E-state index contributed by atoms with van der Waals surface area (Å²) in [6, 6.07) is 0. The third-order valence-electron chi connectivity index (χ3n) is 2.09. The summed E-state index contributed by atoms with van der Waals surface area (Å²) in [4.78, 5) is 11.4. The summed E-state index contributed by atoms with van der Waals surface area (Å²) < 4.78 is 5.25. The molecule has 0 aromatic rings. The van der Waals surface area contributed by atoms with Crippen LogP contribution < -0.4 is 0 Å². The fourth-order valence-corrected chi connectivity index (χ4v) is 2.22. The number of carbonyl (C=O) groups is 1. The van der Waals surface area contributed by atoms with Gasteiger partial charge in [-0.25, -0.2) is 0 Å². The van der Waals surface area contributed by atoms with Gasteiger partial charge in [0.2, 0.25) is 0 Å². The highest BCUT2D eigenvalue weighted by molar-refractivity contribution is 7.99. The van der Waals surface area contributed by atoms with Crippen LogP contribution in [0.1, 0.15) is 60.8 Å². The maximum Gasteiger partial charge on any atom is 0.307 e. The first-order chi connectivity index (χ1) is 7.60. The van der Waals surface area contributed by atoms with Crippen molar-refractivity contribution in [1.29, 1.82) is 0 Å². The number of hydrogen-bond donors (Lipinski definition) is 0. The highest BCUT2D eigenvalue weighted by Crippen LogP contribution is 2.22. The summed E-state index contributed by atoms with van der Waals surface area (Å²) >= 11 is 1.85. The second-order valence-electron chi connectivity index (χ2n) is 6.61. The number of carbonyl (C=O) groups excluding carboxylic acids is 1. The average molecular weight is 260 g/mol. The Hall–Kier alpha value is -0.180. The van der Waals surface area contributed by atoms with Crippen LogP contribution >= 0.6 is 11.8 Å². The number of hydrogen-bond acceptors (Lipinski definition) is 3. The van der Waals surface area contributed by atoms with E-state index in [2.05, 4.69) is 20.8 Å². The van der Waals surface area contributed by atoms with E-state index in [0.717, 1.165) is 11.5 Å². The maximum absolute atomic E-state index is 11.4. The maximum atomic E-state index is 11.4. The zero-order valence-electron chi connectivity index (χ0n) is 12.3. The van der Waals surface area contributed by atoms with E-state index in [1.165, 1.54) is 12.8 Å². The highest BCUT2D eigenvalue weighted by atomic mass is 32.2. The third-order valence-corrected chi connectivity index (χ3v) is 3.16. The standard InChI is InChI=1S/C14H28O2S/c1-13(2,3)9-7-10-17-11-8-12(15)16-14(4,5)6/h7-11H2,1-6H3. The van der Waals surface area contributed by atoms with Crippen molar-refractivity contribution in [3.63, 3.8) is 0 Å². The molecule has 0 spiro atoms. The Labute approximate surface area is 111 Å². The molecule has 102 valence electrons. The van der Waals surface area contributed by atoms with Crippen LogP contribution in [0.15, 0.2) is 0 Å². The van der Waals surface area contributed by atoms with Crippen LogP contribution in [0.4, 0.5) is 0 Å². The molecule has 0 amide bonds. The van der Waals surface area contributed by atoms with Crippen molar-refractivity contribution in [2.24, 2.45) is 5.41 Å². The lowest BCUT2D eigenvalue weighted by molar-refractivity contribution is -0.154. The van der Waals surface area contributed by atoms with E-state index in [4.69, 9.17) is 4.74 Å². The first-order valence-electron chi connectivity index (χ1n) is 6.40. The topological polar surface area (TPSA) is 26.3 Å². The molecule has 0 unspecified atom stereocenters. The minimum Gasteiger partial charge on any atom is -0.460 e. The van der Waals surface area contributed by atoms with Crippen LogP contribution in [0.3, 0.4) is 0 Å². The first kappa shape index (κ1) is 16.8. The van der Waals surface area contributed by atoms with Crippen molar-refractivity contribution in [1.82, 2.24) is 0 Å². The lowest BCUT2D eigenvalue weighted by Crippen LogP contribution is -2.24. The SMILES string of the molecule is CC(C)(C)CCCSCCC(=O)OC(C)(C)C. The molecule has 0 bridgehead atoms. The number of rotatable bonds is 6. The third kappa shape index (κ3) is 13.8. The number of esters is 1. The summed E-state index contributed by atoms with van der Waals surface area (Å²) in [7, 11) is 0. The van der Waals surface area contributed by atoms with Crippen LogP contribution in [0.2, 0.25) is 0 Å². The van der Waals surface area contributed by atoms with Gasteiger partial charge < -0.3 is 4.74 Å². The van der Waals surface area contributed by atoms with Crippen LogP contribution in [0.25, 0.3) is 0 Å². The molecule has 0 aliphatic rings. The van der Waals surface area contributed by atoms with Crippen molar-refractivity contribution in [3.8, 4) is 0 Å². The van der Waals surface area contributed by atoms with Crippen LogP contribution in [-0.2, 0) is 9.53 Å². The summed E-state index contributed by atoms with van der Waals surface area (Å²) in [5, 5.41) is 0. The van der Waals surface area contributed by atoms with Gasteiger partial charge in [0.15, 0.2) is 0 Å². The van der Waals surface area contributed by atoms with Gasteiger partial charge in [-0.05, 0) is 44.8 Å². The second-order valence-corrected chi connectivity index (χ2v) is 7.84. The van der Waals surface area contributed by atoms with Gasteiger partial charge in [-0.1, -0.05) is 20.8 Å². The van der Waals surface area contributed by atoms with Gasteiger partial charge in [-0.15, -0.1) is 0 Å². The Balaban J connectivity index is 3.44. The van der Waals surface area contributed by atoms with Crippen molar-refractivity contribution in [2.45, 2.75) is 66.4 Å². The van der Waals surface area contributed by atoms with Gasteiger partial charge in [0.05, 0.1) is 6.42 Å². The molecule has 0 heterocycles. The minimum atomic E-state index is -0.353. The summed E-state index contributed by atoms with van der Waals surface area (Å²) in [5.74, 6) is 1.93. The van der Waals surface area contributed by atoms with Gasteiger partial charge in [-0.2, -0.15) is 11.8 Å². The normalized spacial score (nSPS) is 12.6. The Morgan fingerprint density at radius 3 is 2.12 bits per heavy atom. The van der Waals surface area contributed by atoms with Gasteiger partial charge in [-0.3, -0.25) is 4.79 Å². The number of thioether (sulfide) groups is 1. The molecule has 0 radical (unpaired) electrons. The summed E-state index contributed by atoms with van der Waals surface area (Å²) in [5.41, 5.74) is 0.0692. The molecular formula is C14H28O2S. The molecule has 17 heavy (non-hydrogen) atoms. The average Bonchev–Trinajstić information content (AvgIpc) is 2.06. The Kier molecular flexibility index (Phi) is 7.22. The molecule has 0 rings (SSSR count). The molecule has 2 nitrogen and oxygen atoms in total. The Morgan fingerprint density at radius 1 is 1.06 bits per heavy atom. The second kappa shape index (κ2) is 7.30. The molecule has 0 N–H and O–H groups in total. The quantitative estimate of drug-likeness (QED) is 0.527. The molecule has 0 atom stereocenters. The summed E-state index contributed by atoms with van der Waals surface area (Å²) in [6.45, 7) is 12.5. The van der Waals surface area contributed by atoms with Crippen LogP contribution in [0.5, 0.6) is 0 Å². The molecule has 0 fully saturated rings. The molecule has 0 saturated heterocycles. The van der Waals surface area contributed by atoms with Crippen molar-refractivity contribution in [2.75, 3.05) is 11.5 Å². The van der Waals surface area contributed by atoms with E-state index in [1.54, 1.807) is 0 Å². The number of ether oxygens (including phenoxy) is 1. The highest BCUT2D eigenvalue weighted by Gasteiger charge is 2.15. The van der Waals surface area contributed by atoms with E-state index >= 15 is 0 Å². The monoisotopic (exact) mass is 260 g/mol. The van der Waals surface area contributed by atoms with Gasteiger partial charge in [0, 0.05) is 5.75 Å². The molecule has 0 aromatic heterocycles. The zero-order valence-corrected chi connectivity index (χ0v) is 13.1. The fraction of sp³-hybridized carbons (Fsp3) is 0.929. The van der Waals surface area contributed by atoms with E-state index in [1.807, 2.05) is 32.5 Å². The predicted molar refractivity (Wildman–Crippen MR) is 76.5 cm³/mol. The van der Waals surface area contributed by atoms with Crippen molar-refractivity contribution in [3.05, 3.63) is 0 Å². The van der Waals surface area contributed by atoms with Crippen molar-refractivity contribution >= 4 is 17.7 Å². The lowest BCUT2D eigenvalue weighted by Gasteiger charge is -2.19. The van der Waals surface area contributed by atoms with E-state index in [-0.39, 0.29) is 11.6 Å². The Morgan fingerprint density at radius 2 is 1.65 bits per heavy atom. The lowest BCUT2D eigenvalue weighted by atomic mass is 9.91. The van der Waals surface area contributed by atoms with E-state index < -0.39 is 0 Å². The van der Waals surface area contributed by atoms with Crippen molar-refractivity contribution < 1.29 is 9.53 Å². The smallest absolute Gasteiger partial charge is 0.307 e. The molecule has 0 saturated carbocycles. The minimum absolute atomic E-state index is 0.0826. The predicted octanol–water partition coefficient (Wildman–Crippen LogP) is 4.28. The van der Waals surface area contributed by atoms with E-state index in [9.17, 15) is 4.79 Å². The van der Waals surface area contributed by atoms with Crippen LogP contribution in [0, 0.1) is 5.41 Å².